The number of carbonyl (C=O) groups excluding carboxylic acids is 1. The molecule has 2 aliphatic rings. The van der Waals surface area contributed by atoms with Crippen molar-refractivity contribution in [2.75, 3.05) is 13.1 Å². The van der Waals surface area contributed by atoms with Gasteiger partial charge in [-0.15, -0.1) is 0 Å². The average Bonchev–Trinajstić information content (AvgIpc) is 2.94. The van der Waals surface area contributed by atoms with Crippen molar-refractivity contribution in [2.24, 2.45) is 5.92 Å². The van der Waals surface area contributed by atoms with Crippen LogP contribution in [-0.2, 0) is 11.3 Å². The molecule has 1 aliphatic heterocycles. The lowest BCUT2D eigenvalue weighted by Gasteiger charge is -2.37. The number of rotatable bonds is 3. The smallest absolute Gasteiger partial charge is 0.139 e. The molecule has 1 atom stereocenters. The summed E-state index contributed by atoms with van der Waals surface area (Å²) in [6.07, 6.45) is 4.93. The lowest BCUT2D eigenvalue weighted by molar-refractivity contribution is -0.126. The first kappa shape index (κ1) is 18.8. The number of phenols is 1. The van der Waals surface area contributed by atoms with Crippen LogP contribution < -0.4 is 0 Å². The van der Waals surface area contributed by atoms with E-state index in [-0.39, 0.29) is 17.6 Å². The van der Waals surface area contributed by atoms with Gasteiger partial charge in [0.1, 0.15) is 11.5 Å². The molecule has 1 unspecified atom stereocenters. The van der Waals surface area contributed by atoms with E-state index in [2.05, 4.69) is 65.6 Å². The van der Waals surface area contributed by atoms with Gasteiger partial charge in [-0.05, 0) is 39.9 Å². The second kappa shape index (κ2) is 7.92. The van der Waals surface area contributed by atoms with E-state index < -0.39 is 0 Å². The normalized spacial score (nSPS) is 19.2. The van der Waals surface area contributed by atoms with Crippen LogP contribution in [0.5, 0.6) is 5.75 Å². The van der Waals surface area contributed by atoms with E-state index >= 15 is 0 Å². The Labute approximate surface area is 177 Å². The number of benzene rings is 3. The van der Waals surface area contributed by atoms with Gasteiger partial charge >= 0.3 is 0 Å². The summed E-state index contributed by atoms with van der Waals surface area (Å²) in [4.78, 5) is 15.6. The van der Waals surface area contributed by atoms with E-state index in [1.807, 2.05) is 12.1 Å². The SMILES string of the molecule is O=C1CCN(Cc2ccc(O)cc2)CC1C1c2ccccc2C=Cc2ccccc21. The van der Waals surface area contributed by atoms with Crippen molar-refractivity contribution in [3.63, 3.8) is 0 Å². The van der Waals surface area contributed by atoms with Crippen molar-refractivity contribution in [1.29, 1.82) is 0 Å². The Hall–Kier alpha value is -3.17. The lowest BCUT2D eigenvalue weighted by atomic mass is 9.74. The number of likely N-dealkylation sites (tertiary alicyclic amines) is 1. The second-order valence-corrected chi connectivity index (χ2v) is 8.29. The fraction of sp³-hybridized carbons (Fsp3) is 0.222. The Kier molecular flexibility index (Phi) is 4.97. The number of nitrogens with zero attached hydrogens (tertiary/aromatic N) is 1. The third-order valence-corrected chi connectivity index (χ3v) is 6.39. The van der Waals surface area contributed by atoms with E-state index in [1.165, 1.54) is 22.3 Å². The number of carbonyl (C=O) groups is 1. The third kappa shape index (κ3) is 3.57. The third-order valence-electron chi connectivity index (χ3n) is 6.39. The Balaban J connectivity index is 1.50. The molecule has 0 amide bonds. The largest absolute Gasteiger partial charge is 0.508 e. The Morgan fingerprint density at radius 3 is 2.07 bits per heavy atom. The van der Waals surface area contributed by atoms with Gasteiger partial charge in [0.05, 0.1) is 0 Å². The Morgan fingerprint density at radius 2 is 1.43 bits per heavy atom. The highest BCUT2D eigenvalue weighted by Gasteiger charge is 2.37. The van der Waals surface area contributed by atoms with Crippen LogP contribution in [0, 0.1) is 5.92 Å². The number of Topliss-reactive ketones (excluding diaryl/α,β-unsaturated/α-hetero) is 1. The van der Waals surface area contributed by atoms with Crippen molar-refractivity contribution >= 4 is 17.9 Å². The molecule has 3 nitrogen and oxygen atoms in total. The number of fused-ring (bicyclic) bond motifs is 2. The first-order chi connectivity index (χ1) is 14.7. The van der Waals surface area contributed by atoms with E-state index in [0.29, 0.717) is 12.2 Å². The van der Waals surface area contributed by atoms with Gasteiger partial charge in [0.2, 0.25) is 0 Å². The summed E-state index contributed by atoms with van der Waals surface area (Å²) in [5.41, 5.74) is 6.03. The van der Waals surface area contributed by atoms with Crippen LogP contribution in [0.2, 0.25) is 0 Å². The van der Waals surface area contributed by atoms with Crippen molar-refractivity contribution in [1.82, 2.24) is 4.90 Å². The maximum absolute atomic E-state index is 13.2. The van der Waals surface area contributed by atoms with Crippen LogP contribution in [0.1, 0.15) is 40.2 Å². The number of phenolic OH excluding ortho intramolecular Hbond substituents is 1. The lowest BCUT2D eigenvalue weighted by Crippen LogP contribution is -2.43. The van der Waals surface area contributed by atoms with E-state index in [1.54, 1.807) is 12.1 Å². The quantitative estimate of drug-likeness (QED) is 0.671. The highest BCUT2D eigenvalue weighted by molar-refractivity contribution is 5.86. The molecule has 3 aromatic carbocycles. The highest BCUT2D eigenvalue weighted by Crippen LogP contribution is 2.41. The summed E-state index contributed by atoms with van der Waals surface area (Å²) in [7, 11) is 0. The van der Waals surface area contributed by atoms with Crippen LogP contribution in [0.25, 0.3) is 12.2 Å². The first-order valence-corrected chi connectivity index (χ1v) is 10.6. The van der Waals surface area contributed by atoms with Crippen LogP contribution in [0.4, 0.5) is 0 Å². The number of ketones is 1. The maximum atomic E-state index is 13.2. The monoisotopic (exact) mass is 395 g/mol. The van der Waals surface area contributed by atoms with Crippen molar-refractivity contribution in [3.05, 3.63) is 101 Å². The van der Waals surface area contributed by atoms with Crippen molar-refractivity contribution in [2.45, 2.75) is 18.9 Å². The number of hydrogen-bond acceptors (Lipinski definition) is 3. The van der Waals surface area contributed by atoms with Crippen LogP contribution in [0.3, 0.4) is 0 Å². The molecule has 1 N–H and O–H groups in total. The zero-order chi connectivity index (χ0) is 20.5. The van der Waals surface area contributed by atoms with Gasteiger partial charge in [-0.1, -0.05) is 72.8 Å². The standard InChI is InChI=1S/C27H25NO2/c29-22-13-9-19(10-14-22)17-28-16-15-26(30)25(18-28)27-23-7-3-1-5-20(23)11-12-21-6-2-4-8-24(21)27/h1-14,25,27,29H,15-18H2. The topological polar surface area (TPSA) is 40.5 Å². The number of piperidine rings is 1. The summed E-state index contributed by atoms with van der Waals surface area (Å²) in [6, 6.07) is 24.3. The zero-order valence-corrected chi connectivity index (χ0v) is 16.9. The minimum absolute atomic E-state index is 0.0579. The number of aromatic hydroxyl groups is 1. The minimum Gasteiger partial charge on any atom is -0.508 e. The summed E-state index contributed by atoms with van der Waals surface area (Å²) < 4.78 is 0. The van der Waals surface area contributed by atoms with E-state index in [4.69, 9.17) is 0 Å². The molecule has 0 saturated carbocycles. The molecule has 3 heteroatoms. The van der Waals surface area contributed by atoms with E-state index in [0.717, 1.165) is 25.2 Å². The van der Waals surface area contributed by atoms with Gasteiger partial charge in [0.15, 0.2) is 0 Å². The fourth-order valence-electron chi connectivity index (χ4n) is 4.89. The van der Waals surface area contributed by atoms with Gasteiger partial charge < -0.3 is 5.11 Å². The predicted molar refractivity (Wildman–Crippen MR) is 120 cm³/mol. The van der Waals surface area contributed by atoms with Crippen LogP contribution in [-0.4, -0.2) is 28.9 Å². The van der Waals surface area contributed by atoms with Gasteiger partial charge in [-0.3, -0.25) is 9.69 Å². The second-order valence-electron chi connectivity index (χ2n) is 8.29. The Morgan fingerprint density at radius 1 is 0.833 bits per heavy atom. The summed E-state index contributed by atoms with van der Waals surface area (Å²) >= 11 is 0. The molecule has 1 saturated heterocycles. The average molecular weight is 396 g/mol. The zero-order valence-electron chi connectivity index (χ0n) is 16.9. The first-order valence-electron chi connectivity index (χ1n) is 10.6. The Bertz CT molecular complexity index is 1050. The van der Waals surface area contributed by atoms with Crippen molar-refractivity contribution in [3.8, 4) is 5.75 Å². The summed E-state index contributed by atoms with van der Waals surface area (Å²) in [5, 5.41) is 9.56. The molecule has 0 spiro atoms. The molecule has 30 heavy (non-hydrogen) atoms. The van der Waals surface area contributed by atoms with Crippen molar-refractivity contribution < 1.29 is 9.90 Å². The molecule has 0 aromatic heterocycles. The highest BCUT2D eigenvalue weighted by atomic mass is 16.3. The fourth-order valence-corrected chi connectivity index (χ4v) is 4.89. The van der Waals surface area contributed by atoms with Gasteiger partial charge in [0.25, 0.3) is 0 Å². The van der Waals surface area contributed by atoms with Crippen LogP contribution >= 0.6 is 0 Å². The minimum atomic E-state index is -0.0712. The summed E-state index contributed by atoms with van der Waals surface area (Å²) in [6.45, 7) is 2.32. The summed E-state index contributed by atoms with van der Waals surface area (Å²) in [5.74, 6) is 0.624. The maximum Gasteiger partial charge on any atom is 0.139 e. The molecule has 5 rings (SSSR count). The molecular weight excluding hydrogens is 370 g/mol. The molecule has 1 fully saturated rings. The molecule has 1 heterocycles. The molecule has 1 aliphatic carbocycles. The molecule has 150 valence electrons. The molecule has 0 bridgehead atoms. The molecule has 3 aromatic rings. The van der Waals surface area contributed by atoms with Crippen LogP contribution in [0.15, 0.2) is 72.8 Å². The molecular formula is C27H25NO2. The van der Waals surface area contributed by atoms with Gasteiger partial charge in [0, 0.05) is 37.9 Å². The predicted octanol–water partition coefficient (Wildman–Crippen LogP) is 5.10. The van der Waals surface area contributed by atoms with Gasteiger partial charge in [-0.2, -0.15) is 0 Å². The molecule has 0 radical (unpaired) electrons. The number of hydrogen-bond donors (Lipinski definition) is 1. The van der Waals surface area contributed by atoms with E-state index in [9.17, 15) is 9.90 Å². The van der Waals surface area contributed by atoms with Gasteiger partial charge in [-0.25, -0.2) is 0 Å².